The molecule has 0 radical (unpaired) electrons. The molecule has 0 atom stereocenters. The molecule has 0 saturated carbocycles. The molecule has 7 heteroatoms. The van der Waals surface area contributed by atoms with Crippen molar-refractivity contribution in [2.24, 2.45) is 7.05 Å². The Balaban J connectivity index is 1.75. The summed E-state index contributed by atoms with van der Waals surface area (Å²) in [4.78, 5) is 15.5. The van der Waals surface area contributed by atoms with Gasteiger partial charge in [-0.2, -0.15) is 0 Å². The van der Waals surface area contributed by atoms with E-state index in [4.69, 9.17) is 16.3 Å². The lowest BCUT2D eigenvalue weighted by molar-refractivity contribution is 0.122. The molecular formula is C16H16ClN5O. The number of nitrogens with zero attached hydrogens (tertiary/aromatic N) is 5. The average Bonchev–Trinajstić information content (AvgIpc) is 2.96. The van der Waals surface area contributed by atoms with Gasteiger partial charge >= 0.3 is 0 Å². The molecule has 6 nitrogen and oxygen atoms in total. The minimum atomic E-state index is 0.442. The highest BCUT2D eigenvalue weighted by Gasteiger charge is 2.16. The van der Waals surface area contributed by atoms with E-state index in [-0.39, 0.29) is 0 Å². The Labute approximate surface area is 138 Å². The molecular weight excluding hydrogens is 314 g/mol. The van der Waals surface area contributed by atoms with Gasteiger partial charge in [-0.05, 0) is 12.1 Å². The Bertz CT molecular complexity index is 857. The van der Waals surface area contributed by atoms with Crippen molar-refractivity contribution < 1.29 is 4.74 Å². The van der Waals surface area contributed by atoms with Gasteiger partial charge in [-0.1, -0.05) is 17.7 Å². The van der Waals surface area contributed by atoms with E-state index < -0.39 is 0 Å². The highest BCUT2D eigenvalue weighted by molar-refractivity contribution is 6.29. The lowest BCUT2D eigenvalue weighted by Crippen LogP contribution is -2.37. The van der Waals surface area contributed by atoms with E-state index in [1.807, 2.05) is 29.8 Å². The molecule has 4 rings (SSSR count). The van der Waals surface area contributed by atoms with Gasteiger partial charge in [0.15, 0.2) is 0 Å². The second-order valence-electron chi connectivity index (χ2n) is 5.53. The summed E-state index contributed by atoms with van der Waals surface area (Å²) in [7, 11) is 1.98. The predicted molar refractivity (Wildman–Crippen MR) is 89.8 cm³/mol. The number of ether oxygens (including phenoxy) is 1. The van der Waals surface area contributed by atoms with Crippen molar-refractivity contribution in [3.63, 3.8) is 0 Å². The van der Waals surface area contributed by atoms with E-state index in [1.165, 1.54) is 0 Å². The molecule has 1 aromatic carbocycles. The Morgan fingerprint density at radius 1 is 1.13 bits per heavy atom. The number of hydrogen-bond donors (Lipinski definition) is 0. The van der Waals surface area contributed by atoms with Crippen LogP contribution in [-0.2, 0) is 11.8 Å². The number of benzene rings is 1. The zero-order chi connectivity index (χ0) is 15.8. The summed E-state index contributed by atoms with van der Waals surface area (Å²) in [6.07, 6.45) is 1.81. The highest BCUT2D eigenvalue weighted by Crippen LogP contribution is 2.26. The molecule has 3 heterocycles. The summed E-state index contributed by atoms with van der Waals surface area (Å²) in [6.45, 7) is 2.92. The Kier molecular flexibility index (Phi) is 3.63. The van der Waals surface area contributed by atoms with Crippen molar-refractivity contribution in [1.29, 1.82) is 0 Å². The monoisotopic (exact) mass is 329 g/mol. The van der Waals surface area contributed by atoms with E-state index in [1.54, 1.807) is 12.4 Å². The zero-order valence-electron chi connectivity index (χ0n) is 12.7. The number of aromatic nitrogens is 4. The minimum absolute atomic E-state index is 0.442. The molecule has 1 aliphatic rings. The summed E-state index contributed by atoms with van der Waals surface area (Å²) in [6, 6.07) is 7.89. The number of hydrogen-bond acceptors (Lipinski definition) is 5. The normalized spacial score (nSPS) is 15.3. The van der Waals surface area contributed by atoms with Gasteiger partial charge < -0.3 is 14.2 Å². The van der Waals surface area contributed by atoms with Crippen LogP contribution in [0.5, 0.6) is 0 Å². The van der Waals surface area contributed by atoms with Crippen molar-refractivity contribution >= 4 is 28.6 Å². The molecule has 0 aliphatic carbocycles. The minimum Gasteiger partial charge on any atom is -0.378 e. The van der Waals surface area contributed by atoms with Crippen molar-refractivity contribution in [1.82, 2.24) is 19.5 Å². The van der Waals surface area contributed by atoms with Gasteiger partial charge in [0.1, 0.15) is 5.15 Å². The summed E-state index contributed by atoms with van der Waals surface area (Å²) in [5.74, 6) is 0.650. The van der Waals surface area contributed by atoms with Gasteiger partial charge in [-0.3, -0.25) is 0 Å². The van der Waals surface area contributed by atoms with Crippen LogP contribution < -0.4 is 4.90 Å². The molecule has 1 aliphatic heterocycles. The van der Waals surface area contributed by atoms with E-state index in [2.05, 4.69) is 19.9 Å². The van der Waals surface area contributed by atoms with Crippen molar-refractivity contribution in [2.45, 2.75) is 0 Å². The van der Waals surface area contributed by atoms with Crippen LogP contribution in [0.1, 0.15) is 0 Å². The first kappa shape index (κ1) is 14.4. The third-order valence-electron chi connectivity index (χ3n) is 4.00. The van der Waals surface area contributed by atoms with E-state index in [0.717, 1.165) is 35.4 Å². The molecule has 118 valence electrons. The molecule has 3 aromatic rings. The predicted octanol–water partition coefficient (Wildman–Crippen LogP) is 2.52. The maximum absolute atomic E-state index is 6.21. The number of morpholine rings is 1. The van der Waals surface area contributed by atoms with Crippen LogP contribution in [0, 0.1) is 0 Å². The maximum Gasteiger partial charge on any atom is 0.227 e. The third kappa shape index (κ3) is 2.75. The number of anilines is 1. The van der Waals surface area contributed by atoms with Gasteiger partial charge in [0.05, 0.1) is 36.3 Å². The third-order valence-corrected chi connectivity index (χ3v) is 4.19. The van der Waals surface area contributed by atoms with Crippen LogP contribution in [0.25, 0.3) is 22.3 Å². The lowest BCUT2D eigenvalue weighted by Gasteiger charge is -2.27. The first-order valence-electron chi connectivity index (χ1n) is 7.49. The number of fused-ring (bicyclic) bond motifs is 1. The van der Waals surface area contributed by atoms with Crippen molar-refractivity contribution in [2.75, 3.05) is 31.2 Å². The Hall–Kier alpha value is -2.18. The van der Waals surface area contributed by atoms with Gasteiger partial charge in [0, 0.05) is 31.8 Å². The van der Waals surface area contributed by atoms with Gasteiger partial charge in [-0.15, -0.1) is 0 Å². The van der Waals surface area contributed by atoms with Crippen LogP contribution in [0.15, 0.2) is 30.6 Å². The van der Waals surface area contributed by atoms with Crippen molar-refractivity contribution in [3.05, 3.63) is 35.7 Å². The van der Waals surface area contributed by atoms with Gasteiger partial charge in [0.2, 0.25) is 5.95 Å². The molecule has 0 bridgehead atoms. The van der Waals surface area contributed by atoms with Crippen LogP contribution in [0.3, 0.4) is 0 Å². The summed E-state index contributed by atoms with van der Waals surface area (Å²) in [5, 5.41) is 0.442. The topological polar surface area (TPSA) is 56.1 Å². The molecule has 0 spiro atoms. The summed E-state index contributed by atoms with van der Waals surface area (Å²) in [5.41, 5.74) is 3.81. The first-order chi connectivity index (χ1) is 11.2. The molecule has 1 saturated heterocycles. The fourth-order valence-electron chi connectivity index (χ4n) is 2.75. The lowest BCUT2D eigenvalue weighted by atomic mass is 10.1. The van der Waals surface area contributed by atoms with Crippen LogP contribution in [0.2, 0.25) is 5.15 Å². The van der Waals surface area contributed by atoms with Crippen molar-refractivity contribution in [3.8, 4) is 11.3 Å². The Morgan fingerprint density at radius 3 is 2.78 bits per heavy atom. The summed E-state index contributed by atoms with van der Waals surface area (Å²) < 4.78 is 7.37. The quantitative estimate of drug-likeness (QED) is 0.676. The highest BCUT2D eigenvalue weighted by atomic mass is 35.5. The number of rotatable bonds is 2. The number of halogens is 1. The molecule has 2 aromatic heterocycles. The first-order valence-corrected chi connectivity index (χ1v) is 7.87. The zero-order valence-corrected chi connectivity index (χ0v) is 13.5. The standard InChI is InChI=1S/C16H16ClN5O/c1-21-10-18-13-8-11(2-3-14(13)21)12-9-15(17)20-16(19-12)22-4-6-23-7-5-22/h2-3,8-10H,4-7H2,1H3. The van der Waals surface area contributed by atoms with Gasteiger partial charge in [-0.25, -0.2) is 15.0 Å². The molecule has 1 fully saturated rings. The number of aryl methyl sites for hydroxylation is 1. The molecule has 23 heavy (non-hydrogen) atoms. The van der Waals surface area contributed by atoms with Crippen LogP contribution in [0.4, 0.5) is 5.95 Å². The average molecular weight is 330 g/mol. The fraction of sp³-hybridized carbons (Fsp3) is 0.312. The largest absolute Gasteiger partial charge is 0.378 e. The number of imidazole rings is 1. The van der Waals surface area contributed by atoms with E-state index in [0.29, 0.717) is 24.3 Å². The van der Waals surface area contributed by atoms with E-state index in [9.17, 15) is 0 Å². The second kappa shape index (κ2) is 5.79. The molecule has 0 amide bonds. The van der Waals surface area contributed by atoms with Crippen LogP contribution in [-0.4, -0.2) is 45.8 Å². The van der Waals surface area contributed by atoms with Crippen LogP contribution >= 0.6 is 11.6 Å². The van der Waals surface area contributed by atoms with Gasteiger partial charge in [0.25, 0.3) is 0 Å². The summed E-state index contributed by atoms with van der Waals surface area (Å²) >= 11 is 6.21. The van der Waals surface area contributed by atoms with E-state index >= 15 is 0 Å². The Morgan fingerprint density at radius 2 is 1.96 bits per heavy atom. The maximum atomic E-state index is 6.21. The second-order valence-corrected chi connectivity index (χ2v) is 5.92. The fourth-order valence-corrected chi connectivity index (χ4v) is 2.93. The molecule has 0 N–H and O–H groups in total. The SMILES string of the molecule is Cn1cnc2cc(-c3cc(Cl)nc(N4CCOCC4)n3)ccc21. The smallest absolute Gasteiger partial charge is 0.227 e. The molecule has 0 unspecified atom stereocenters.